The van der Waals surface area contributed by atoms with Crippen LogP contribution in [-0.2, 0) is 9.59 Å². The van der Waals surface area contributed by atoms with E-state index in [2.05, 4.69) is 12.2 Å². The molecule has 0 spiro atoms. The monoisotopic (exact) mass is 358 g/mol. The van der Waals surface area contributed by atoms with Crippen molar-refractivity contribution in [2.75, 3.05) is 19.6 Å². The normalized spacial score (nSPS) is 37.1. The quantitative estimate of drug-likeness (QED) is 0.782. The Kier molecular flexibility index (Phi) is 4.87. The van der Waals surface area contributed by atoms with Crippen molar-refractivity contribution in [3.05, 3.63) is 11.6 Å². The Morgan fingerprint density at radius 1 is 1.00 bits per heavy atom. The third kappa shape index (κ3) is 3.57. The molecule has 4 heteroatoms. The van der Waals surface area contributed by atoms with Gasteiger partial charge in [-0.2, -0.15) is 0 Å². The number of amides is 2. The third-order valence-electron chi connectivity index (χ3n) is 7.78. The van der Waals surface area contributed by atoms with Crippen LogP contribution in [0.4, 0.5) is 0 Å². The highest BCUT2D eigenvalue weighted by Crippen LogP contribution is 2.62. The van der Waals surface area contributed by atoms with E-state index in [4.69, 9.17) is 0 Å². The zero-order valence-electron chi connectivity index (χ0n) is 16.4. The molecule has 4 aliphatic carbocycles. The molecule has 1 aliphatic heterocycles. The fourth-order valence-corrected chi connectivity index (χ4v) is 6.67. The number of rotatable bonds is 4. The lowest BCUT2D eigenvalue weighted by molar-refractivity contribution is -0.128. The summed E-state index contributed by atoms with van der Waals surface area (Å²) in [5.41, 5.74) is 1.70. The summed E-state index contributed by atoms with van der Waals surface area (Å²) in [6.07, 6.45) is 12.3. The fraction of sp³-hybridized carbons (Fsp3) is 0.818. The standard InChI is InChI=1S/C22H34N2O2/c1-15(22-11-18-8-19(12-22)10-20(9-18)13-22)7-21(26)24-5-3-17(4-6-24)14-23-16(2)25/h7,17-20H,3-6,8-14H2,1-2H3,(H,23,25)/b15-7-. The van der Waals surface area contributed by atoms with E-state index in [1.54, 1.807) is 6.92 Å². The summed E-state index contributed by atoms with van der Waals surface area (Å²) in [4.78, 5) is 25.9. The average molecular weight is 359 g/mol. The summed E-state index contributed by atoms with van der Waals surface area (Å²) in [5, 5.41) is 2.91. The van der Waals surface area contributed by atoms with Crippen LogP contribution in [-0.4, -0.2) is 36.3 Å². The largest absolute Gasteiger partial charge is 0.356 e. The number of nitrogens with one attached hydrogen (secondary N) is 1. The van der Waals surface area contributed by atoms with E-state index in [-0.39, 0.29) is 11.8 Å². The SMILES string of the molecule is CC(=O)NCC1CCN(C(=O)/C=C(/C)C23CC4CC(CC(C4)C2)C3)CC1. The highest BCUT2D eigenvalue weighted by molar-refractivity contribution is 5.88. The van der Waals surface area contributed by atoms with E-state index < -0.39 is 0 Å². The molecule has 4 saturated carbocycles. The highest BCUT2D eigenvalue weighted by Gasteiger charge is 2.51. The second-order valence-electron chi connectivity index (χ2n) is 9.73. The van der Waals surface area contributed by atoms with Crippen molar-refractivity contribution >= 4 is 11.8 Å². The van der Waals surface area contributed by atoms with Crippen LogP contribution >= 0.6 is 0 Å². The predicted molar refractivity (Wildman–Crippen MR) is 102 cm³/mol. The van der Waals surface area contributed by atoms with Crippen LogP contribution in [0, 0.1) is 29.1 Å². The number of hydrogen-bond donors (Lipinski definition) is 1. The number of hydrogen-bond acceptors (Lipinski definition) is 2. The van der Waals surface area contributed by atoms with Gasteiger partial charge in [-0.15, -0.1) is 0 Å². The van der Waals surface area contributed by atoms with Gasteiger partial charge in [0, 0.05) is 32.6 Å². The van der Waals surface area contributed by atoms with Crippen molar-refractivity contribution in [1.29, 1.82) is 0 Å². The van der Waals surface area contributed by atoms with Crippen molar-refractivity contribution < 1.29 is 9.59 Å². The Morgan fingerprint density at radius 3 is 2.04 bits per heavy atom. The maximum absolute atomic E-state index is 12.9. The molecule has 1 heterocycles. The van der Waals surface area contributed by atoms with Crippen molar-refractivity contribution in [2.45, 2.75) is 65.2 Å². The van der Waals surface area contributed by atoms with Crippen LogP contribution in [0.1, 0.15) is 65.2 Å². The van der Waals surface area contributed by atoms with E-state index in [1.807, 2.05) is 11.0 Å². The summed E-state index contributed by atoms with van der Waals surface area (Å²) < 4.78 is 0. The minimum absolute atomic E-state index is 0.0395. The van der Waals surface area contributed by atoms with Crippen LogP contribution in [0.2, 0.25) is 0 Å². The average Bonchev–Trinajstić information content (AvgIpc) is 2.59. The molecule has 5 aliphatic rings. The number of allylic oxidation sites excluding steroid dienone is 1. The van der Waals surface area contributed by atoms with E-state index >= 15 is 0 Å². The van der Waals surface area contributed by atoms with Gasteiger partial charge in [0.05, 0.1) is 0 Å². The molecule has 0 unspecified atom stereocenters. The Labute approximate surface area is 157 Å². The summed E-state index contributed by atoms with van der Waals surface area (Å²) in [5.74, 6) is 3.53. The van der Waals surface area contributed by atoms with Crippen LogP contribution in [0.15, 0.2) is 11.6 Å². The van der Waals surface area contributed by atoms with Crippen LogP contribution < -0.4 is 5.32 Å². The zero-order valence-corrected chi connectivity index (χ0v) is 16.4. The number of carbonyl (C=O) groups excluding carboxylic acids is 2. The van der Waals surface area contributed by atoms with E-state index in [0.717, 1.165) is 50.2 Å². The van der Waals surface area contributed by atoms with Gasteiger partial charge in [0.25, 0.3) is 0 Å². The maximum Gasteiger partial charge on any atom is 0.246 e. The van der Waals surface area contributed by atoms with Gasteiger partial charge in [0.15, 0.2) is 0 Å². The second kappa shape index (κ2) is 7.01. The van der Waals surface area contributed by atoms with Crippen molar-refractivity contribution in [3.63, 3.8) is 0 Å². The van der Waals surface area contributed by atoms with Gasteiger partial charge in [-0.25, -0.2) is 0 Å². The van der Waals surface area contributed by atoms with Gasteiger partial charge in [-0.05, 0) is 87.4 Å². The molecule has 0 aromatic carbocycles. The van der Waals surface area contributed by atoms with Crippen LogP contribution in [0.5, 0.6) is 0 Å². The van der Waals surface area contributed by atoms with Gasteiger partial charge in [-0.1, -0.05) is 5.57 Å². The predicted octanol–water partition coefficient (Wildman–Crippen LogP) is 3.52. The fourth-order valence-electron chi connectivity index (χ4n) is 6.67. The number of piperidine rings is 1. The molecule has 144 valence electrons. The minimum Gasteiger partial charge on any atom is -0.356 e. The van der Waals surface area contributed by atoms with E-state index in [9.17, 15) is 9.59 Å². The van der Waals surface area contributed by atoms with Crippen molar-refractivity contribution in [2.24, 2.45) is 29.1 Å². The Bertz CT molecular complexity index is 566. The van der Waals surface area contributed by atoms with E-state index in [1.165, 1.54) is 44.1 Å². The first-order valence-corrected chi connectivity index (χ1v) is 10.7. The molecule has 1 N–H and O–H groups in total. The maximum atomic E-state index is 12.9. The molecular weight excluding hydrogens is 324 g/mol. The number of carbonyl (C=O) groups is 2. The molecule has 26 heavy (non-hydrogen) atoms. The molecule has 4 bridgehead atoms. The molecular formula is C22H34N2O2. The summed E-state index contributed by atoms with van der Waals surface area (Å²) in [6.45, 7) is 6.20. The third-order valence-corrected chi connectivity index (χ3v) is 7.78. The molecule has 0 aromatic rings. The lowest BCUT2D eigenvalue weighted by Crippen LogP contribution is -2.47. The van der Waals surface area contributed by atoms with Crippen molar-refractivity contribution in [3.8, 4) is 0 Å². The topological polar surface area (TPSA) is 49.4 Å². The summed E-state index contributed by atoms with van der Waals surface area (Å²) >= 11 is 0. The Balaban J connectivity index is 1.35. The Hall–Kier alpha value is -1.32. The molecule has 0 atom stereocenters. The first-order chi connectivity index (χ1) is 12.4. The summed E-state index contributed by atoms with van der Waals surface area (Å²) in [6, 6.07) is 0. The first kappa shape index (κ1) is 18.1. The molecule has 0 radical (unpaired) electrons. The van der Waals surface area contributed by atoms with E-state index in [0.29, 0.717) is 11.3 Å². The zero-order chi connectivity index (χ0) is 18.3. The van der Waals surface area contributed by atoms with Crippen LogP contribution in [0.3, 0.4) is 0 Å². The van der Waals surface area contributed by atoms with Gasteiger partial charge < -0.3 is 10.2 Å². The van der Waals surface area contributed by atoms with Crippen LogP contribution in [0.25, 0.3) is 0 Å². The first-order valence-electron chi connectivity index (χ1n) is 10.7. The number of likely N-dealkylation sites (tertiary alicyclic amines) is 1. The minimum atomic E-state index is 0.0395. The Morgan fingerprint density at radius 2 is 1.54 bits per heavy atom. The molecule has 1 saturated heterocycles. The lowest BCUT2D eigenvalue weighted by atomic mass is 9.48. The molecule has 5 rings (SSSR count). The molecule has 0 aromatic heterocycles. The van der Waals surface area contributed by atoms with Crippen molar-refractivity contribution in [1.82, 2.24) is 10.2 Å². The summed E-state index contributed by atoms with van der Waals surface area (Å²) in [7, 11) is 0. The molecule has 2 amide bonds. The smallest absolute Gasteiger partial charge is 0.246 e. The number of nitrogens with zero attached hydrogens (tertiary/aromatic N) is 1. The highest BCUT2D eigenvalue weighted by atomic mass is 16.2. The van der Waals surface area contributed by atoms with Gasteiger partial charge in [-0.3, -0.25) is 9.59 Å². The lowest BCUT2D eigenvalue weighted by Gasteiger charge is -2.57. The van der Waals surface area contributed by atoms with Gasteiger partial charge >= 0.3 is 0 Å². The van der Waals surface area contributed by atoms with Gasteiger partial charge in [0.1, 0.15) is 0 Å². The molecule has 5 fully saturated rings. The second-order valence-corrected chi connectivity index (χ2v) is 9.73. The van der Waals surface area contributed by atoms with Gasteiger partial charge in [0.2, 0.25) is 11.8 Å². The molecule has 4 nitrogen and oxygen atoms in total.